The summed E-state index contributed by atoms with van der Waals surface area (Å²) >= 11 is 0. The van der Waals surface area contributed by atoms with Gasteiger partial charge in [0.05, 0.1) is 26.0 Å². The normalized spacial score (nSPS) is 12.3. The van der Waals surface area contributed by atoms with Crippen LogP contribution in [0.2, 0.25) is 0 Å². The molecule has 1 atom stereocenters. The van der Waals surface area contributed by atoms with Crippen LogP contribution in [-0.2, 0) is 4.79 Å². The Morgan fingerprint density at radius 3 is 2.74 bits per heavy atom. The first-order chi connectivity index (χ1) is 13.0. The SMILES string of the molecule is CCCOc1ccc(/C=C/C(=O)NCC(c2ccco2)N(C)C)cc1OC. The number of hydrogen-bond acceptors (Lipinski definition) is 5. The molecule has 0 bridgehead atoms. The van der Waals surface area contributed by atoms with Gasteiger partial charge in [-0.05, 0) is 56.4 Å². The second-order valence-electron chi connectivity index (χ2n) is 6.33. The summed E-state index contributed by atoms with van der Waals surface area (Å²) < 4.78 is 16.4. The maximum absolute atomic E-state index is 12.2. The molecule has 2 aromatic rings. The molecule has 0 spiro atoms. The van der Waals surface area contributed by atoms with E-state index in [1.807, 2.05) is 49.3 Å². The first kappa shape index (κ1) is 20.6. The third-order valence-electron chi connectivity index (χ3n) is 4.04. The minimum atomic E-state index is -0.168. The van der Waals surface area contributed by atoms with Crippen molar-refractivity contribution in [3.05, 3.63) is 54.0 Å². The number of benzene rings is 1. The molecule has 0 aliphatic rings. The van der Waals surface area contributed by atoms with Crippen LogP contribution >= 0.6 is 0 Å². The van der Waals surface area contributed by atoms with Crippen molar-refractivity contribution in [2.24, 2.45) is 0 Å². The number of nitrogens with one attached hydrogen (secondary N) is 1. The molecule has 0 saturated heterocycles. The number of carbonyl (C=O) groups excluding carboxylic acids is 1. The number of ether oxygens (including phenoxy) is 2. The Morgan fingerprint density at radius 2 is 2.11 bits per heavy atom. The Kier molecular flexibility index (Phi) is 7.95. The first-order valence-corrected chi connectivity index (χ1v) is 9.01. The molecule has 1 unspecified atom stereocenters. The summed E-state index contributed by atoms with van der Waals surface area (Å²) in [5.41, 5.74) is 0.862. The lowest BCUT2D eigenvalue weighted by atomic mass is 10.1. The summed E-state index contributed by atoms with van der Waals surface area (Å²) in [6.45, 7) is 3.14. The summed E-state index contributed by atoms with van der Waals surface area (Å²) in [5, 5.41) is 2.91. The third kappa shape index (κ3) is 6.18. The number of furan rings is 1. The van der Waals surface area contributed by atoms with Crippen LogP contribution in [0.1, 0.15) is 30.7 Å². The number of nitrogens with zero attached hydrogens (tertiary/aromatic N) is 1. The molecule has 0 radical (unpaired) electrons. The molecule has 6 nitrogen and oxygen atoms in total. The molecule has 1 N–H and O–H groups in total. The highest BCUT2D eigenvalue weighted by Gasteiger charge is 2.17. The molecule has 2 rings (SSSR count). The zero-order valence-corrected chi connectivity index (χ0v) is 16.4. The Morgan fingerprint density at radius 1 is 1.30 bits per heavy atom. The molecule has 27 heavy (non-hydrogen) atoms. The zero-order valence-electron chi connectivity index (χ0n) is 16.4. The monoisotopic (exact) mass is 372 g/mol. The number of amides is 1. The van der Waals surface area contributed by atoms with Gasteiger partial charge in [-0.1, -0.05) is 13.0 Å². The van der Waals surface area contributed by atoms with Crippen molar-refractivity contribution in [2.45, 2.75) is 19.4 Å². The van der Waals surface area contributed by atoms with E-state index < -0.39 is 0 Å². The van der Waals surface area contributed by atoms with Gasteiger partial charge in [-0.25, -0.2) is 0 Å². The number of methoxy groups -OCH3 is 1. The van der Waals surface area contributed by atoms with E-state index in [-0.39, 0.29) is 11.9 Å². The standard InChI is InChI=1S/C21H28N2O4/c1-5-12-26-19-10-8-16(14-20(19)25-4)9-11-21(24)22-15-17(23(2)3)18-7-6-13-27-18/h6-11,13-14,17H,5,12,15H2,1-4H3,(H,22,24)/b11-9+. The van der Waals surface area contributed by atoms with Gasteiger partial charge >= 0.3 is 0 Å². The fourth-order valence-corrected chi connectivity index (χ4v) is 2.57. The predicted molar refractivity (Wildman–Crippen MR) is 106 cm³/mol. The van der Waals surface area contributed by atoms with Gasteiger partial charge in [0.25, 0.3) is 0 Å². The molecule has 6 heteroatoms. The second kappa shape index (κ2) is 10.4. The largest absolute Gasteiger partial charge is 0.493 e. The molecule has 0 aliphatic heterocycles. The molecule has 1 aromatic carbocycles. The lowest BCUT2D eigenvalue weighted by molar-refractivity contribution is -0.116. The van der Waals surface area contributed by atoms with E-state index in [1.165, 1.54) is 6.08 Å². The summed E-state index contributed by atoms with van der Waals surface area (Å²) in [7, 11) is 5.50. The van der Waals surface area contributed by atoms with Crippen molar-refractivity contribution in [1.29, 1.82) is 0 Å². The highest BCUT2D eigenvalue weighted by Crippen LogP contribution is 2.28. The molecule has 1 amide bonds. The average molecular weight is 372 g/mol. The molecular weight excluding hydrogens is 344 g/mol. The van der Waals surface area contributed by atoms with Gasteiger partial charge in [-0.15, -0.1) is 0 Å². The van der Waals surface area contributed by atoms with Crippen LogP contribution < -0.4 is 14.8 Å². The fraction of sp³-hybridized carbons (Fsp3) is 0.381. The topological polar surface area (TPSA) is 63.9 Å². The minimum absolute atomic E-state index is 0.0209. The highest BCUT2D eigenvalue weighted by atomic mass is 16.5. The number of likely N-dealkylation sites (N-methyl/N-ethyl adjacent to an activating group) is 1. The van der Waals surface area contributed by atoms with Crippen molar-refractivity contribution in [1.82, 2.24) is 10.2 Å². The molecule has 1 heterocycles. The zero-order chi connectivity index (χ0) is 19.6. The van der Waals surface area contributed by atoms with Gasteiger partial charge in [0.2, 0.25) is 5.91 Å². The lowest BCUT2D eigenvalue weighted by Gasteiger charge is -2.22. The van der Waals surface area contributed by atoms with E-state index in [2.05, 4.69) is 12.2 Å². The van der Waals surface area contributed by atoms with Crippen molar-refractivity contribution in [3.63, 3.8) is 0 Å². The van der Waals surface area contributed by atoms with Gasteiger partial charge in [-0.3, -0.25) is 9.69 Å². The number of rotatable bonds is 10. The Labute approximate surface area is 160 Å². The van der Waals surface area contributed by atoms with Crippen molar-refractivity contribution >= 4 is 12.0 Å². The van der Waals surface area contributed by atoms with Crippen LogP contribution in [-0.4, -0.2) is 45.2 Å². The van der Waals surface area contributed by atoms with Crippen LogP contribution in [0.25, 0.3) is 6.08 Å². The maximum atomic E-state index is 12.2. The van der Waals surface area contributed by atoms with Crippen LogP contribution in [0.15, 0.2) is 47.1 Å². The van der Waals surface area contributed by atoms with Gasteiger partial charge in [0.15, 0.2) is 11.5 Å². The Bertz CT molecular complexity index is 739. The average Bonchev–Trinajstić information content (AvgIpc) is 3.19. The first-order valence-electron chi connectivity index (χ1n) is 9.01. The number of hydrogen-bond donors (Lipinski definition) is 1. The van der Waals surface area contributed by atoms with E-state index in [9.17, 15) is 4.79 Å². The highest BCUT2D eigenvalue weighted by molar-refractivity contribution is 5.91. The second-order valence-corrected chi connectivity index (χ2v) is 6.33. The van der Waals surface area contributed by atoms with Gasteiger partial charge in [-0.2, -0.15) is 0 Å². The van der Waals surface area contributed by atoms with Crippen molar-refractivity contribution < 1.29 is 18.7 Å². The summed E-state index contributed by atoms with van der Waals surface area (Å²) in [6.07, 6.45) is 5.82. The molecule has 0 fully saturated rings. The van der Waals surface area contributed by atoms with Crippen molar-refractivity contribution in [3.8, 4) is 11.5 Å². The Balaban J connectivity index is 1.95. The summed E-state index contributed by atoms with van der Waals surface area (Å²) in [6, 6.07) is 9.32. The molecular formula is C21H28N2O4. The van der Waals surface area contributed by atoms with Crippen LogP contribution in [0.4, 0.5) is 0 Å². The van der Waals surface area contributed by atoms with Gasteiger partial charge < -0.3 is 19.2 Å². The molecule has 0 saturated carbocycles. The van der Waals surface area contributed by atoms with E-state index in [4.69, 9.17) is 13.9 Å². The lowest BCUT2D eigenvalue weighted by Crippen LogP contribution is -2.33. The van der Waals surface area contributed by atoms with E-state index >= 15 is 0 Å². The Hall–Kier alpha value is -2.73. The summed E-state index contributed by atoms with van der Waals surface area (Å²) in [5.74, 6) is 2.00. The number of carbonyl (C=O) groups is 1. The molecule has 0 aliphatic carbocycles. The van der Waals surface area contributed by atoms with E-state index in [0.717, 1.165) is 17.7 Å². The molecule has 146 valence electrons. The predicted octanol–water partition coefficient (Wildman–Crippen LogP) is 3.51. The maximum Gasteiger partial charge on any atom is 0.244 e. The smallest absolute Gasteiger partial charge is 0.244 e. The summed E-state index contributed by atoms with van der Waals surface area (Å²) in [4.78, 5) is 14.2. The minimum Gasteiger partial charge on any atom is -0.493 e. The quantitative estimate of drug-likeness (QED) is 0.647. The van der Waals surface area contributed by atoms with E-state index in [0.29, 0.717) is 24.7 Å². The van der Waals surface area contributed by atoms with Gasteiger partial charge in [0.1, 0.15) is 5.76 Å². The van der Waals surface area contributed by atoms with E-state index in [1.54, 1.807) is 19.4 Å². The molecule has 1 aromatic heterocycles. The van der Waals surface area contributed by atoms with Gasteiger partial charge in [0, 0.05) is 12.6 Å². The van der Waals surface area contributed by atoms with Crippen LogP contribution in [0, 0.1) is 0 Å². The van der Waals surface area contributed by atoms with Crippen LogP contribution in [0.5, 0.6) is 11.5 Å². The third-order valence-corrected chi connectivity index (χ3v) is 4.04. The van der Waals surface area contributed by atoms with Crippen molar-refractivity contribution in [2.75, 3.05) is 34.4 Å². The van der Waals surface area contributed by atoms with Crippen LogP contribution in [0.3, 0.4) is 0 Å². The fourth-order valence-electron chi connectivity index (χ4n) is 2.57.